The van der Waals surface area contributed by atoms with Crippen LogP contribution in [0.2, 0.25) is 0 Å². The summed E-state index contributed by atoms with van der Waals surface area (Å²) in [5.74, 6) is 1.66. The number of aromatic nitrogens is 3. The van der Waals surface area contributed by atoms with Gasteiger partial charge in [0.15, 0.2) is 5.82 Å². The van der Waals surface area contributed by atoms with Gasteiger partial charge in [-0.1, -0.05) is 19.0 Å². The Morgan fingerprint density at radius 2 is 1.89 bits per heavy atom. The van der Waals surface area contributed by atoms with Gasteiger partial charge in [0.25, 0.3) is 0 Å². The van der Waals surface area contributed by atoms with Crippen molar-refractivity contribution in [3.05, 3.63) is 27.8 Å². The quantitative estimate of drug-likeness (QED) is 0.909. The largest absolute Gasteiger partial charge is 0.338 e. The molecule has 5 nitrogen and oxygen atoms in total. The molecule has 2 aromatic heterocycles. The molecule has 0 fully saturated rings. The maximum absolute atomic E-state index is 5.29. The lowest BCUT2D eigenvalue weighted by Gasteiger charge is -2.14. The van der Waals surface area contributed by atoms with Crippen molar-refractivity contribution in [3.63, 3.8) is 0 Å². The average Bonchev–Trinajstić information content (AvgIpc) is 2.96. The summed E-state index contributed by atoms with van der Waals surface area (Å²) in [6.07, 6.45) is 0. The molecular weight excluding hydrogens is 260 g/mol. The molecular formula is C13H20N4OS. The van der Waals surface area contributed by atoms with Crippen LogP contribution >= 0.6 is 11.3 Å². The molecule has 2 aromatic rings. The zero-order chi connectivity index (χ0) is 14.0. The topological polar surface area (TPSA) is 63.8 Å². The Bertz CT molecular complexity index is 534. The molecule has 0 spiro atoms. The lowest BCUT2D eigenvalue weighted by atomic mass is 10.2. The summed E-state index contributed by atoms with van der Waals surface area (Å²) in [5.41, 5.74) is 1.06. The zero-order valence-electron chi connectivity index (χ0n) is 12.0. The number of nitrogens with one attached hydrogen (secondary N) is 1. The van der Waals surface area contributed by atoms with Crippen LogP contribution in [0.25, 0.3) is 0 Å². The normalized spacial score (nSPS) is 14.8. The molecule has 0 aromatic carbocycles. The number of nitrogens with zero attached hydrogens (tertiary/aromatic N) is 3. The molecule has 0 saturated heterocycles. The van der Waals surface area contributed by atoms with Crippen molar-refractivity contribution >= 4 is 11.3 Å². The molecule has 0 aliphatic carbocycles. The molecule has 2 rings (SSSR count). The minimum atomic E-state index is 0.0132. The van der Waals surface area contributed by atoms with Crippen molar-refractivity contribution in [2.45, 2.75) is 52.6 Å². The minimum Gasteiger partial charge on any atom is -0.338 e. The van der Waals surface area contributed by atoms with Gasteiger partial charge in [0.2, 0.25) is 5.89 Å². The molecule has 0 radical (unpaired) electrons. The highest BCUT2D eigenvalue weighted by molar-refractivity contribution is 7.09. The van der Waals surface area contributed by atoms with E-state index in [1.807, 2.05) is 27.7 Å². The van der Waals surface area contributed by atoms with Crippen LogP contribution in [0.1, 0.15) is 68.1 Å². The fourth-order valence-electron chi connectivity index (χ4n) is 1.75. The summed E-state index contributed by atoms with van der Waals surface area (Å²) in [5, 5.41) is 10.5. The Labute approximate surface area is 117 Å². The molecule has 0 aliphatic rings. The fraction of sp³-hybridized carbons (Fsp3) is 0.615. The highest BCUT2D eigenvalue weighted by Crippen LogP contribution is 2.22. The van der Waals surface area contributed by atoms with Crippen LogP contribution in [-0.2, 0) is 0 Å². The van der Waals surface area contributed by atoms with Gasteiger partial charge in [-0.15, -0.1) is 11.3 Å². The molecule has 0 aliphatic heterocycles. The van der Waals surface area contributed by atoms with E-state index in [2.05, 4.69) is 32.7 Å². The van der Waals surface area contributed by atoms with E-state index in [9.17, 15) is 0 Å². The molecule has 0 amide bonds. The highest BCUT2D eigenvalue weighted by Gasteiger charge is 2.19. The van der Waals surface area contributed by atoms with Crippen LogP contribution in [-0.4, -0.2) is 15.1 Å². The van der Waals surface area contributed by atoms with E-state index in [0.717, 1.165) is 16.5 Å². The van der Waals surface area contributed by atoms with Gasteiger partial charge in [-0.05, 0) is 20.8 Å². The van der Waals surface area contributed by atoms with Crippen LogP contribution in [0.5, 0.6) is 0 Å². The van der Waals surface area contributed by atoms with Crippen molar-refractivity contribution < 1.29 is 4.52 Å². The molecule has 2 atom stereocenters. The van der Waals surface area contributed by atoms with Gasteiger partial charge in [0.1, 0.15) is 5.01 Å². The Hall–Kier alpha value is -1.27. The Morgan fingerprint density at radius 3 is 2.42 bits per heavy atom. The Balaban J connectivity index is 2.01. The summed E-state index contributed by atoms with van der Waals surface area (Å²) < 4.78 is 5.29. The second kappa shape index (κ2) is 5.79. The molecule has 6 heteroatoms. The molecule has 0 saturated carbocycles. The van der Waals surface area contributed by atoms with Crippen molar-refractivity contribution in [1.29, 1.82) is 0 Å². The Morgan fingerprint density at radius 1 is 1.16 bits per heavy atom. The van der Waals surface area contributed by atoms with Gasteiger partial charge in [0.05, 0.1) is 12.1 Å². The lowest BCUT2D eigenvalue weighted by Crippen LogP contribution is -2.22. The number of aryl methyl sites for hydroxylation is 1. The molecule has 19 heavy (non-hydrogen) atoms. The second-order valence-corrected chi connectivity index (χ2v) is 5.97. The summed E-state index contributed by atoms with van der Waals surface area (Å²) in [4.78, 5) is 8.88. The molecule has 2 heterocycles. The first-order valence-electron chi connectivity index (χ1n) is 6.49. The first kappa shape index (κ1) is 14.1. The standard InChI is InChI=1S/C13H20N4OS/c1-7(2)11-16-12(18-17-11)9(4)15-10(5)13-14-8(3)6-19-13/h6-7,9-10,15H,1-5H3/t9-,10-/m1/s1. The highest BCUT2D eigenvalue weighted by atomic mass is 32.1. The van der Waals surface area contributed by atoms with Crippen LogP contribution in [0.15, 0.2) is 9.90 Å². The molecule has 1 N–H and O–H groups in total. The summed E-state index contributed by atoms with van der Waals surface area (Å²) in [7, 11) is 0. The third kappa shape index (κ3) is 3.39. The van der Waals surface area contributed by atoms with Crippen LogP contribution < -0.4 is 5.32 Å². The monoisotopic (exact) mass is 280 g/mol. The van der Waals surface area contributed by atoms with Crippen molar-refractivity contribution in [2.75, 3.05) is 0 Å². The first-order chi connectivity index (χ1) is 8.97. The van der Waals surface area contributed by atoms with Crippen molar-refractivity contribution in [3.8, 4) is 0 Å². The number of rotatable bonds is 5. The maximum Gasteiger partial charge on any atom is 0.243 e. The summed E-state index contributed by atoms with van der Waals surface area (Å²) >= 11 is 1.66. The van der Waals surface area contributed by atoms with E-state index in [1.165, 1.54) is 0 Å². The average molecular weight is 280 g/mol. The van der Waals surface area contributed by atoms with E-state index in [0.29, 0.717) is 5.89 Å². The third-order valence-electron chi connectivity index (χ3n) is 2.85. The predicted octanol–water partition coefficient (Wildman–Crippen LogP) is 3.37. The van der Waals surface area contributed by atoms with Gasteiger partial charge >= 0.3 is 0 Å². The predicted molar refractivity (Wildman–Crippen MR) is 75.2 cm³/mol. The van der Waals surface area contributed by atoms with Gasteiger partial charge < -0.3 is 4.52 Å². The second-order valence-electron chi connectivity index (χ2n) is 5.08. The zero-order valence-corrected chi connectivity index (χ0v) is 12.8. The van der Waals surface area contributed by atoms with Gasteiger partial charge in [0, 0.05) is 17.0 Å². The van der Waals surface area contributed by atoms with E-state index in [-0.39, 0.29) is 18.0 Å². The van der Waals surface area contributed by atoms with Crippen molar-refractivity contribution in [2.24, 2.45) is 0 Å². The van der Waals surface area contributed by atoms with E-state index in [1.54, 1.807) is 11.3 Å². The number of hydrogen-bond acceptors (Lipinski definition) is 6. The van der Waals surface area contributed by atoms with E-state index < -0.39 is 0 Å². The summed E-state index contributed by atoms with van der Waals surface area (Å²) in [6, 6.07) is 0.183. The molecule has 0 unspecified atom stereocenters. The molecule has 104 valence electrons. The minimum absolute atomic E-state index is 0.0132. The smallest absolute Gasteiger partial charge is 0.243 e. The van der Waals surface area contributed by atoms with Crippen molar-refractivity contribution in [1.82, 2.24) is 20.4 Å². The van der Waals surface area contributed by atoms with Crippen LogP contribution in [0.4, 0.5) is 0 Å². The molecule has 0 bridgehead atoms. The lowest BCUT2D eigenvalue weighted by molar-refractivity contribution is 0.324. The first-order valence-corrected chi connectivity index (χ1v) is 7.37. The third-order valence-corrected chi connectivity index (χ3v) is 4.00. The Kier molecular flexibility index (Phi) is 4.31. The maximum atomic E-state index is 5.29. The number of thiazole rings is 1. The fourth-order valence-corrected chi connectivity index (χ4v) is 2.56. The van der Waals surface area contributed by atoms with Crippen LogP contribution in [0.3, 0.4) is 0 Å². The van der Waals surface area contributed by atoms with Crippen LogP contribution in [0, 0.1) is 6.92 Å². The van der Waals surface area contributed by atoms with Gasteiger partial charge in [-0.3, -0.25) is 5.32 Å². The SMILES string of the molecule is Cc1csc([C@@H](C)N[C@H](C)c2nc(C(C)C)no2)n1. The van der Waals surface area contributed by atoms with E-state index >= 15 is 0 Å². The van der Waals surface area contributed by atoms with Gasteiger partial charge in [-0.2, -0.15) is 4.98 Å². The van der Waals surface area contributed by atoms with Gasteiger partial charge in [-0.25, -0.2) is 4.98 Å². The summed E-state index contributed by atoms with van der Waals surface area (Å²) in [6.45, 7) is 10.2. The number of hydrogen-bond donors (Lipinski definition) is 1. The van der Waals surface area contributed by atoms with E-state index in [4.69, 9.17) is 4.52 Å².